The summed E-state index contributed by atoms with van der Waals surface area (Å²) in [7, 11) is 1.95. The second-order valence-electron chi connectivity index (χ2n) is 10.1. The van der Waals surface area contributed by atoms with E-state index in [1.807, 2.05) is 60.0 Å². The number of ether oxygens (including phenoxy) is 1. The molecule has 0 spiro atoms. The zero-order valence-corrected chi connectivity index (χ0v) is 22.5. The number of anilines is 1. The van der Waals surface area contributed by atoms with Crippen LogP contribution in [0, 0.1) is 13.8 Å². The van der Waals surface area contributed by atoms with E-state index in [4.69, 9.17) is 4.74 Å². The quantitative estimate of drug-likeness (QED) is 0.381. The van der Waals surface area contributed by atoms with Crippen molar-refractivity contribution < 1.29 is 9.53 Å². The Morgan fingerprint density at radius 3 is 2.45 bits per heavy atom. The van der Waals surface area contributed by atoms with Gasteiger partial charge in [0.25, 0.3) is 0 Å². The fourth-order valence-electron chi connectivity index (χ4n) is 5.30. The zero-order valence-electron chi connectivity index (χ0n) is 22.5. The predicted octanol–water partition coefficient (Wildman–Crippen LogP) is 5.61. The molecule has 1 atom stereocenters. The first-order valence-corrected chi connectivity index (χ1v) is 13.3. The number of aromatic nitrogens is 2. The van der Waals surface area contributed by atoms with Gasteiger partial charge in [-0.3, -0.25) is 9.48 Å². The first-order chi connectivity index (χ1) is 18.5. The number of aryl methyl sites for hydroxylation is 2. The Labute approximate surface area is 225 Å². The van der Waals surface area contributed by atoms with Crippen LogP contribution < -0.4 is 10.1 Å². The second kappa shape index (κ2) is 11.5. The normalized spacial score (nSPS) is 15.4. The highest BCUT2D eigenvalue weighted by Crippen LogP contribution is 2.27. The number of rotatable bonds is 5. The lowest BCUT2D eigenvalue weighted by molar-refractivity contribution is -0.135. The number of fused-ring (bicyclic) bond motifs is 2. The summed E-state index contributed by atoms with van der Waals surface area (Å²) in [5.41, 5.74) is 7.70. The van der Waals surface area contributed by atoms with E-state index in [2.05, 4.69) is 59.8 Å². The largest absolute Gasteiger partial charge is 0.491 e. The molecule has 1 aliphatic heterocycles. The van der Waals surface area contributed by atoms with E-state index in [9.17, 15) is 4.79 Å². The third-order valence-electron chi connectivity index (χ3n) is 7.55. The van der Waals surface area contributed by atoms with Crippen LogP contribution in [-0.4, -0.2) is 33.2 Å². The van der Waals surface area contributed by atoms with E-state index in [-0.39, 0.29) is 11.9 Å². The Morgan fingerprint density at radius 2 is 1.68 bits per heavy atom. The summed E-state index contributed by atoms with van der Waals surface area (Å²) in [5.74, 6) is 0.978. The van der Waals surface area contributed by atoms with Crippen LogP contribution >= 0.6 is 0 Å². The molecule has 0 saturated carbocycles. The highest BCUT2D eigenvalue weighted by molar-refractivity contribution is 5.77. The van der Waals surface area contributed by atoms with E-state index in [1.165, 1.54) is 5.56 Å². The monoisotopic (exact) mass is 508 g/mol. The summed E-state index contributed by atoms with van der Waals surface area (Å²) in [6, 6.07) is 26.7. The Morgan fingerprint density at radius 1 is 0.974 bits per heavy atom. The van der Waals surface area contributed by atoms with Gasteiger partial charge in [0.2, 0.25) is 5.91 Å². The number of amides is 1. The number of carbonyl (C=O) groups excluding carboxylic acids is 1. The molecule has 0 radical (unpaired) electrons. The molecular formula is C32H36N4O2. The maximum absolute atomic E-state index is 14.0. The summed E-state index contributed by atoms with van der Waals surface area (Å²) in [6.07, 6.45) is 1.81. The van der Waals surface area contributed by atoms with E-state index in [0.717, 1.165) is 45.9 Å². The third-order valence-corrected chi connectivity index (χ3v) is 7.55. The lowest BCUT2D eigenvalue weighted by atomic mass is 10.0. The van der Waals surface area contributed by atoms with Crippen LogP contribution in [0.25, 0.3) is 0 Å². The number of hydrogen-bond acceptors (Lipinski definition) is 4. The van der Waals surface area contributed by atoms with Gasteiger partial charge in [-0.15, -0.1) is 0 Å². The third kappa shape index (κ3) is 5.75. The molecule has 196 valence electrons. The van der Waals surface area contributed by atoms with Crippen LogP contribution in [0.1, 0.15) is 40.1 Å². The molecule has 38 heavy (non-hydrogen) atoms. The number of nitrogens with one attached hydrogen (secondary N) is 1. The van der Waals surface area contributed by atoms with Gasteiger partial charge >= 0.3 is 0 Å². The summed E-state index contributed by atoms with van der Waals surface area (Å²) >= 11 is 0. The van der Waals surface area contributed by atoms with Gasteiger partial charge in [-0.05, 0) is 55.5 Å². The highest BCUT2D eigenvalue weighted by atomic mass is 16.5. The highest BCUT2D eigenvalue weighted by Gasteiger charge is 2.27. The Balaban J connectivity index is 1.50. The molecule has 1 N–H and O–H groups in total. The maximum Gasteiger partial charge on any atom is 0.223 e. The molecule has 0 saturated heterocycles. The first kappa shape index (κ1) is 25.6. The number of para-hydroxylation sites is 2. The van der Waals surface area contributed by atoms with Gasteiger partial charge in [-0.1, -0.05) is 66.7 Å². The van der Waals surface area contributed by atoms with Gasteiger partial charge in [0, 0.05) is 43.5 Å². The lowest BCUT2D eigenvalue weighted by Gasteiger charge is -2.33. The molecule has 6 heteroatoms. The summed E-state index contributed by atoms with van der Waals surface area (Å²) < 4.78 is 8.34. The van der Waals surface area contributed by atoms with Crippen molar-refractivity contribution in [2.24, 2.45) is 7.05 Å². The van der Waals surface area contributed by atoms with Gasteiger partial charge < -0.3 is 15.0 Å². The molecule has 1 aromatic heterocycles. The fourth-order valence-corrected chi connectivity index (χ4v) is 5.30. The first-order valence-electron chi connectivity index (χ1n) is 13.3. The van der Waals surface area contributed by atoms with Gasteiger partial charge in [0.05, 0.1) is 11.7 Å². The molecule has 1 amide bonds. The SMILES string of the molecule is Cc1nn(C)c(C)c1CCC(=O)N1Cc2ccccc2NCc2ccccc2OC[C@@H]1Cc1ccccc1. The number of hydrogen-bond donors (Lipinski definition) is 1. The van der Waals surface area contributed by atoms with Crippen LogP contribution in [0.3, 0.4) is 0 Å². The fraction of sp³-hybridized carbons (Fsp3) is 0.312. The molecule has 5 rings (SSSR count). The Kier molecular flexibility index (Phi) is 7.78. The minimum Gasteiger partial charge on any atom is -0.491 e. The molecule has 0 bridgehead atoms. The molecule has 1 aliphatic rings. The minimum absolute atomic E-state index is 0.125. The van der Waals surface area contributed by atoms with Crippen molar-refractivity contribution in [1.29, 1.82) is 0 Å². The van der Waals surface area contributed by atoms with Crippen molar-refractivity contribution in [3.63, 3.8) is 0 Å². The summed E-state index contributed by atoms with van der Waals surface area (Å²) in [6.45, 7) is 5.68. The smallest absolute Gasteiger partial charge is 0.223 e. The van der Waals surface area contributed by atoms with E-state index >= 15 is 0 Å². The average molecular weight is 509 g/mol. The minimum atomic E-state index is -0.125. The topological polar surface area (TPSA) is 59.4 Å². The Bertz CT molecular complexity index is 1400. The maximum atomic E-state index is 14.0. The number of benzene rings is 3. The van der Waals surface area contributed by atoms with Gasteiger partial charge in [-0.2, -0.15) is 5.10 Å². The van der Waals surface area contributed by atoms with Crippen LogP contribution in [0.4, 0.5) is 5.69 Å². The van der Waals surface area contributed by atoms with E-state index < -0.39 is 0 Å². The molecule has 4 aromatic rings. The van der Waals surface area contributed by atoms with Crippen LogP contribution in [-0.2, 0) is 37.8 Å². The zero-order chi connectivity index (χ0) is 26.5. The average Bonchev–Trinajstić information content (AvgIpc) is 3.16. The standard InChI is InChI=1S/C32H36N4O2/c1-23-29(24(2)35(3)34-23)17-18-32(37)36-21-27-14-7-9-15-30(27)33-20-26-13-8-10-16-31(26)38-22-28(36)19-25-11-5-4-6-12-25/h4-16,28,33H,17-22H2,1-3H3/t28-/m0/s1. The van der Waals surface area contributed by atoms with Crippen molar-refractivity contribution in [3.05, 3.63) is 113 Å². The molecule has 6 nitrogen and oxygen atoms in total. The molecule has 0 aliphatic carbocycles. The predicted molar refractivity (Wildman–Crippen MR) is 151 cm³/mol. The van der Waals surface area contributed by atoms with Crippen LogP contribution in [0.2, 0.25) is 0 Å². The number of carbonyl (C=O) groups is 1. The molecule has 0 unspecified atom stereocenters. The molecule has 2 heterocycles. The van der Waals surface area contributed by atoms with Gasteiger partial charge in [0.1, 0.15) is 12.4 Å². The van der Waals surface area contributed by atoms with Crippen molar-refractivity contribution in [2.75, 3.05) is 11.9 Å². The van der Waals surface area contributed by atoms with Crippen LogP contribution in [0.5, 0.6) is 5.75 Å². The molecule has 3 aromatic carbocycles. The van der Waals surface area contributed by atoms with Crippen molar-refractivity contribution in [2.45, 2.75) is 52.2 Å². The van der Waals surface area contributed by atoms with Crippen LogP contribution in [0.15, 0.2) is 78.9 Å². The van der Waals surface area contributed by atoms with Gasteiger partial charge in [-0.25, -0.2) is 0 Å². The van der Waals surface area contributed by atoms with E-state index in [0.29, 0.717) is 32.5 Å². The van der Waals surface area contributed by atoms with Crippen molar-refractivity contribution >= 4 is 11.6 Å². The summed E-state index contributed by atoms with van der Waals surface area (Å²) in [5, 5.41) is 8.13. The molecule has 0 fully saturated rings. The van der Waals surface area contributed by atoms with Gasteiger partial charge in [0.15, 0.2) is 0 Å². The lowest BCUT2D eigenvalue weighted by Crippen LogP contribution is -2.44. The Hall–Kier alpha value is -4.06. The number of nitrogens with zero attached hydrogens (tertiary/aromatic N) is 3. The molecular weight excluding hydrogens is 472 g/mol. The second-order valence-corrected chi connectivity index (χ2v) is 10.1. The van der Waals surface area contributed by atoms with Crippen molar-refractivity contribution in [3.8, 4) is 5.75 Å². The van der Waals surface area contributed by atoms with E-state index in [1.54, 1.807) is 0 Å². The summed E-state index contributed by atoms with van der Waals surface area (Å²) in [4.78, 5) is 16.1. The van der Waals surface area contributed by atoms with Crippen molar-refractivity contribution in [1.82, 2.24) is 14.7 Å².